The molecule has 102 valence electrons. The molecule has 1 N–H and O–H groups in total. The van der Waals surface area contributed by atoms with Crippen LogP contribution in [0.25, 0.3) is 0 Å². The maximum absolute atomic E-state index is 12.3. The number of hydrogen-bond acceptors (Lipinski definition) is 4. The summed E-state index contributed by atoms with van der Waals surface area (Å²) in [5, 5.41) is 3.04. The van der Waals surface area contributed by atoms with Gasteiger partial charge in [-0.15, -0.1) is 0 Å². The smallest absolute Gasteiger partial charge is 0.340 e. The van der Waals surface area contributed by atoms with E-state index < -0.39 is 0 Å². The SMILES string of the molecule is CNc1ccccc1C(=O)OC1CN2CCC1CC2. The third-order valence-electron chi connectivity index (χ3n) is 4.27. The quantitative estimate of drug-likeness (QED) is 0.844. The number of ether oxygens (including phenoxy) is 1. The molecule has 0 radical (unpaired) electrons. The lowest BCUT2D eigenvalue weighted by Crippen LogP contribution is -2.51. The van der Waals surface area contributed by atoms with Crippen LogP contribution in [0.5, 0.6) is 0 Å². The second kappa shape index (κ2) is 5.21. The van der Waals surface area contributed by atoms with Gasteiger partial charge in [0.25, 0.3) is 0 Å². The van der Waals surface area contributed by atoms with Crippen molar-refractivity contribution in [3.8, 4) is 0 Å². The fourth-order valence-corrected chi connectivity index (χ4v) is 3.12. The van der Waals surface area contributed by atoms with Gasteiger partial charge in [-0.05, 0) is 44.0 Å². The first-order valence-corrected chi connectivity index (χ1v) is 6.98. The first-order chi connectivity index (χ1) is 9.28. The summed E-state index contributed by atoms with van der Waals surface area (Å²) in [7, 11) is 1.82. The Bertz CT molecular complexity index is 467. The molecule has 0 amide bonds. The molecule has 3 aliphatic heterocycles. The molecule has 0 aliphatic carbocycles. The fourth-order valence-electron chi connectivity index (χ4n) is 3.12. The summed E-state index contributed by atoms with van der Waals surface area (Å²) < 4.78 is 5.73. The van der Waals surface area contributed by atoms with E-state index in [4.69, 9.17) is 4.74 Å². The Morgan fingerprint density at radius 1 is 1.32 bits per heavy atom. The van der Waals surface area contributed by atoms with Gasteiger partial charge in [0.15, 0.2) is 0 Å². The summed E-state index contributed by atoms with van der Waals surface area (Å²) >= 11 is 0. The van der Waals surface area contributed by atoms with Gasteiger partial charge in [0.05, 0.1) is 5.56 Å². The predicted molar refractivity (Wildman–Crippen MR) is 74.4 cm³/mol. The predicted octanol–water partition coefficient (Wildman–Crippen LogP) is 1.98. The molecule has 3 aliphatic rings. The monoisotopic (exact) mass is 260 g/mol. The third kappa shape index (κ3) is 2.45. The van der Waals surface area contributed by atoms with Crippen molar-refractivity contribution in [1.82, 2.24) is 4.90 Å². The minimum atomic E-state index is -0.205. The van der Waals surface area contributed by atoms with Crippen molar-refractivity contribution in [3.63, 3.8) is 0 Å². The Morgan fingerprint density at radius 2 is 2.05 bits per heavy atom. The molecule has 19 heavy (non-hydrogen) atoms. The van der Waals surface area contributed by atoms with Gasteiger partial charge in [-0.2, -0.15) is 0 Å². The number of para-hydroxylation sites is 1. The lowest BCUT2D eigenvalue weighted by molar-refractivity contribution is -0.0455. The summed E-state index contributed by atoms with van der Waals surface area (Å²) in [5.74, 6) is 0.347. The zero-order chi connectivity index (χ0) is 13.2. The molecule has 4 heteroatoms. The van der Waals surface area contributed by atoms with Gasteiger partial charge in [-0.1, -0.05) is 12.1 Å². The van der Waals surface area contributed by atoms with Crippen LogP contribution in [0.3, 0.4) is 0 Å². The molecule has 1 atom stereocenters. The summed E-state index contributed by atoms with van der Waals surface area (Å²) in [6.45, 7) is 3.22. The summed E-state index contributed by atoms with van der Waals surface area (Å²) in [4.78, 5) is 14.7. The number of fused-ring (bicyclic) bond motifs is 3. The van der Waals surface area contributed by atoms with Gasteiger partial charge in [0.2, 0.25) is 0 Å². The van der Waals surface area contributed by atoms with Crippen molar-refractivity contribution in [3.05, 3.63) is 29.8 Å². The normalized spacial score (nSPS) is 29.0. The molecule has 0 saturated carbocycles. The number of piperidine rings is 3. The molecule has 1 aromatic rings. The summed E-state index contributed by atoms with van der Waals surface area (Å²) in [6.07, 6.45) is 2.39. The average molecular weight is 260 g/mol. The fraction of sp³-hybridized carbons (Fsp3) is 0.533. The van der Waals surface area contributed by atoms with Gasteiger partial charge >= 0.3 is 5.97 Å². The molecule has 0 aromatic heterocycles. The molecule has 4 nitrogen and oxygen atoms in total. The highest BCUT2D eigenvalue weighted by atomic mass is 16.5. The number of anilines is 1. The van der Waals surface area contributed by atoms with Crippen LogP contribution in [0.1, 0.15) is 23.2 Å². The van der Waals surface area contributed by atoms with E-state index in [2.05, 4.69) is 10.2 Å². The highest BCUT2D eigenvalue weighted by Crippen LogP contribution is 2.30. The van der Waals surface area contributed by atoms with E-state index in [1.54, 1.807) is 0 Å². The van der Waals surface area contributed by atoms with Gasteiger partial charge < -0.3 is 10.1 Å². The van der Waals surface area contributed by atoms with Crippen molar-refractivity contribution in [2.45, 2.75) is 18.9 Å². The van der Waals surface area contributed by atoms with Gasteiger partial charge in [0, 0.05) is 19.3 Å². The van der Waals surface area contributed by atoms with Crippen LogP contribution in [0.2, 0.25) is 0 Å². The Labute approximate surface area is 113 Å². The van der Waals surface area contributed by atoms with Crippen LogP contribution < -0.4 is 5.32 Å². The van der Waals surface area contributed by atoms with Crippen molar-refractivity contribution in [2.24, 2.45) is 5.92 Å². The molecule has 1 aromatic carbocycles. The number of hydrogen-bond donors (Lipinski definition) is 1. The highest BCUT2D eigenvalue weighted by Gasteiger charge is 2.36. The molecule has 3 heterocycles. The number of benzene rings is 1. The number of carbonyl (C=O) groups is 1. The molecule has 1 unspecified atom stereocenters. The molecule has 4 rings (SSSR count). The maximum atomic E-state index is 12.3. The lowest BCUT2D eigenvalue weighted by Gasteiger charge is -2.43. The minimum Gasteiger partial charge on any atom is -0.457 e. The van der Waals surface area contributed by atoms with Crippen LogP contribution >= 0.6 is 0 Å². The Morgan fingerprint density at radius 3 is 2.68 bits per heavy atom. The van der Waals surface area contributed by atoms with Crippen LogP contribution in [0.15, 0.2) is 24.3 Å². The number of carbonyl (C=O) groups excluding carboxylic acids is 1. The van der Waals surface area contributed by atoms with E-state index in [9.17, 15) is 4.79 Å². The zero-order valence-electron chi connectivity index (χ0n) is 11.3. The van der Waals surface area contributed by atoms with E-state index in [1.165, 1.54) is 0 Å². The number of nitrogens with one attached hydrogen (secondary N) is 1. The first-order valence-electron chi connectivity index (χ1n) is 6.98. The summed E-state index contributed by atoms with van der Waals surface area (Å²) in [5.41, 5.74) is 1.45. The number of nitrogens with zero attached hydrogens (tertiary/aromatic N) is 1. The molecule has 3 fully saturated rings. The largest absolute Gasteiger partial charge is 0.457 e. The van der Waals surface area contributed by atoms with E-state index in [0.717, 1.165) is 38.2 Å². The standard InChI is InChI=1S/C15H20N2O2/c1-16-13-5-3-2-4-12(13)15(18)19-14-10-17-8-6-11(14)7-9-17/h2-5,11,14,16H,6-10H2,1H3. The average Bonchev–Trinajstić information content (AvgIpc) is 2.48. The topological polar surface area (TPSA) is 41.6 Å². The van der Waals surface area contributed by atoms with E-state index in [-0.39, 0.29) is 12.1 Å². The van der Waals surface area contributed by atoms with Crippen molar-refractivity contribution < 1.29 is 9.53 Å². The van der Waals surface area contributed by atoms with Crippen LogP contribution in [0.4, 0.5) is 5.69 Å². The van der Waals surface area contributed by atoms with Crippen LogP contribution in [-0.2, 0) is 4.74 Å². The molecule has 2 bridgehead atoms. The van der Waals surface area contributed by atoms with Gasteiger partial charge in [0.1, 0.15) is 6.10 Å². The second-order valence-corrected chi connectivity index (χ2v) is 5.38. The van der Waals surface area contributed by atoms with E-state index in [0.29, 0.717) is 11.5 Å². The van der Waals surface area contributed by atoms with Gasteiger partial charge in [-0.3, -0.25) is 4.90 Å². The minimum absolute atomic E-state index is 0.0694. The molecular formula is C15H20N2O2. The second-order valence-electron chi connectivity index (χ2n) is 5.38. The van der Waals surface area contributed by atoms with Crippen LogP contribution in [0, 0.1) is 5.92 Å². The van der Waals surface area contributed by atoms with Gasteiger partial charge in [-0.25, -0.2) is 4.79 Å². The van der Waals surface area contributed by atoms with Crippen molar-refractivity contribution in [1.29, 1.82) is 0 Å². The lowest BCUT2D eigenvalue weighted by atomic mass is 9.86. The number of rotatable bonds is 3. The van der Waals surface area contributed by atoms with Crippen LogP contribution in [-0.4, -0.2) is 43.7 Å². The van der Waals surface area contributed by atoms with E-state index in [1.807, 2.05) is 31.3 Å². The molecule has 0 spiro atoms. The Hall–Kier alpha value is -1.55. The first kappa shape index (κ1) is 12.5. The third-order valence-corrected chi connectivity index (χ3v) is 4.27. The maximum Gasteiger partial charge on any atom is 0.340 e. The van der Waals surface area contributed by atoms with Crippen molar-refractivity contribution in [2.75, 3.05) is 32.0 Å². The van der Waals surface area contributed by atoms with Crippen molar-refractivity contribution >= 4 is 11.7 Å². The Kier molecular flexibility index (Phi) is 3.42. The molecular weight excluding hydrogens is 240 g/mol. The Balaban J connectivity index is 1.71. The zero-order valence-corrected chi connectivity index (χ0v) is 11.3. The van der Waals surface area contributed by atoms with E-state index >= 15 is 0 Å². The summed E-state index contributed by atoms with van der Waals surface area (Å²) in [6, 6.07) is 7.49. The molecule has 3 saturated heterocycles. The highest BCUT2D eigenvalue weighted by molar-refractivity contribution is 5.95. The number of esters is 1.